The van der Waals surface area contributed by atoms with E-state index in [2.05, 4.69) is 10.3 Å². The third-order valence-electron chi connectivity index (χ3n) is 2.36. The van der Waals surface area contributed by atoms with Crippen molar-refractivity contribution in [2.45, 2.75) is 26.3 Å². The van der Waals surface area contributed by atoms with Gasteiger partial charge in [0.2, 0.25) is 11.8 Å². The van der Waals surface area contributed by atoms with Crippen molar-refractivity contribution in [3.05, 3.63) is 30.1 Å². The van der Waals surface area contributed by atoms with Crippen molar-refractivity contribution in [1.82, 2.24) is 10.3 Å². The van der Waals surface area contributed by atoms with E-state index >= 15 is 0 Å². The molecule has 0 saturated carbocycles. The summed E-state index contributed by atoms with van der Waals surface area (Å²) in [5.41, 5.74) is 5.87. The van der Waals surface area contributed by atoms with Crippen molar-refractivity contribution in [3.8, 4) is 0 Å². The third kappa shape index (κ3) is 4.22. The van der Waals surface area contributed by atoms with Crippen LogP contribution in [0.4, 0.5) is 0 Å². The van der Waals surface area contributed by atoms with Gasteiger partial charge in [0.1, 0.15) is 6.04 Å². The molecule has 1 heterocycles. The molecule has 0 bridgehead atoms. The summed E-state index contributed by atoms with van der Waals surface area (Å²) < 4.78 is 0. The fourth-order valence-electron chi connectivity index (χ4n) is 1.46. The van der Waals surface area contributed by atoms with E-state index in [4.69, 9.17) is 5.73 Å². The summed E-state index contributed by atoms with van der Waals surface area (Å²) in [6.07, 6.45) is 1.77. The normalized spacial score (nSPS) is 12.2. The van der Waals surface area contributed by atoms with E-state index in [9.17, 15) is 9.59 Å². The van der Waals surface area contributed by atoms with Crippen molar-refractivity contribution in [3.63, 3.8) is 0 Å². The van der Waals surface area contributed by atoms with E-state index in [1.165, 1.54) is 0 Å². The molecule has 5 heteroatoms. The van der Waals surface area contributed by atoms with E-state index < -0.39 is 11.9 Å². The number of carbonyl (C=O) groups is 2. The van der Waals surface area contributed by atoms with Crippen molar-refractivity contribution in [1.29, 1.82) is 0 Å². The predicted molar refractivity (Wildman–Crippen MR) is 63.9 cm³/mol. The molecular formula is C12H17N3O2. The number of nitrogens with zero attached hydrogens (tertiary/aromatic N) is 1. The molecule has 0 aromatic carbocycles. The van der Waals surface area contributed by atoms with Gasteiger partial charge in [-0.25, -0.2) is 0 Å². The molecular weight excluding hydrogens is 218 g/mol. The van der Waals surface area contributed by atoms with Gasteiger partial charge in [0.05, 0.1) is 6.42 Å². The molecule has 92 valence electrons. The minimum Gasteiger partial charge on any atom is -0.368 e. The highest BCUT2D eigenvalue weighted by Gasteiger charge is 2.21. The van der Waals surface area contributed by atoms with Crippen LogP contribution in [-0.4, -0.2) is 22.8 Å². The highest BCUT2D eigenvalue weighted by Crippen LogP contribution is 2.02. The van der Waals surface area contributed by atoms with Gasteiger partial charge < -0.3 is 11.1 Å². The number of rotatable bonds is 5. The van der Waals surface area contributed by atoms with Crippen LogP contribution in [0.1, 0.15) is 19.5 Å². The number of aromatic nitrogens is 1. The highest BCUT2D eigenvalue weighted by molar-refractivity contribution is 5.87. The lowest BCUT2D eigenvalue weighted by Crippen LogP contribution is -2.48. The largest absolute Gasteiger partial charge is 0.368 e. The van der Waals surface area contributed by atoms with Crippen molar-refractivity contribution >= 4 is 11.8 Å². The maximum Gasteiger partial charge on any atom is 0.240 e. The lowest BCUT2D eigenvalue weighted by atomic mass is 10.0. The Kier molecular flexibility index (Phi) is 4.63. The van der Waals surface area contributed by atoms with Crippen LogP contribution < -0.4 is 11.1 Å². The second-order valence-electron chi connectivity index (χ2n) is 4.19. The van der Waals surface area contributed by atoms with Crippen LogP contribution in [0.15, 0.2) is 24.4 Å². The topological polar surface area (TPSA) is 85.1 Å². The first kappa shape index (κ1) is 13.2. The molecule has 17 heavy (non-hydrogen) atoms. The molecule has 1 aromatic heterocycles. The van der Waals surface area contributed by atoms with E-state index in [-0.39, 0.29) is 18.2 Å². The molecule has 2 amide bonds. The summed E-state index contributed by atoms with van der Waals surface area (Å²) in [7, 11) is 0. The van der Waals surface area contributed by atoms with Crippen LogP contribution in [0.25, 0.3) is 0 Å². The van der Waals surface area contributed by atoms with Gasteiger partial charge in [0.25, 0.3) is 0 Å². The number of nitrogens with one attached hydrogen (secondary N) is 1. The maximum atomic E-state index is 11.7. The molecule has 0 fully saturated rings. The zero-order valence-corrected chi connectivity index (χ0v) is 10.0. The molecule has 0 aliphatic carbocycles. The number of hydrogen-bond donors (Lipinski definition) is 2. The van der Waals surface area contributed by atoms with Crippen molar-refractivity contribution in [2.24, 2.45) is 11.7 Å². The Morgan fingerprint density at radius 3 is 2.59 bits per heavy atom. The lowest BCUT2D eigenvalue weighted by molar-refractivity contribution is -0.128. The van der Waals surface area contributed by atoms with Gasteiger partial charge in [-0.2, -0.15) is 0 Å². The second kappa shape index (κ2) is 5.98. The first-order valence-corrected chi connectivity index (χ1v) is 5.49. The average molecular weight is 235 g/mol. The van der Waals surface area contributed by atoms with Gasteiger partial charge in [0.15, 0.2) is 0 Å². The zero-order valence-electron chi connectivity index (χ0n) is 10.0. The molecule has 0 radical (unpaired) electrons. The number of hydrogen-bond acceptors (Lipinski definition) is 3. The summed E-state index contributed by atoms with van der Waals surface area (Å²) in [6, 6.07) is 4.71. The molecule has 1 atom stereocenters. The molecule has 0 spiro atoms. The quantitative estimate of drug-likeness (QED) is 0.767. The summed E-state index contributed by atoms with van der Waals surface area (Å²) >= 11 is 0. The summed E-state index contributed by atoms with van der Waals surface area (Å²) in [6.45, 7) is 3.66. The van der Waals surface area contributed by atoms with Crippen LogP contribution in [0, 0.1) is 5.92 Å². The molecule has 5 nitrogen and oxygen atoms in total. The molecule has 0 aliphatic heterocycles. The van der Waals surface area contributed by atoms with E-state index in [0.29, 0.717) is 5.69 Å². The van der Waals surface area contributed by atoms with Gasteiger partial charge in [-0.3, -0.25) is 14.6 Å². The van der Waals surface area contributed by atoms with Crippen molar-refractivity contribution in [2.75, 3.05) is 0 Å². The van der Waals surface area contributed by atoms with Gasteiger partial charge in [-0.1, -0.05) is 19.9 Å². The Labute approximate surface area is 100 Å². The fraction of sp³-hybridized carbons (Fsp3) is 0.417. The van der Waals surface area contributed by atoms with Crippen LogP contribution in [0.5, 0.6) is 0 Å². The van der Waals surface area contributed by atoms with Gasteiger partial charge in [-0.15, -0.1) is 0 Å². The molecule has 0 aliphatic rings. The number of pyridine rings is 1. The average Bonchev–Trinajstić information content (AvgIpc) is 2.26. The van der Waals surface area contributed by atoms with Gasteiger partial charge >= 0.3 is 0 Å². The maximum absolute atomic E-state index is 11.7. The van der Waals surface area contributed by atoms with Crippen LogP contribution in [0.3, 0.4) is 0 Å². The first-order valence-electron chi connectivity index (χ1n) is 5.49. The van der Waals surface area contributed by atoms with Crippen LogP contribution in [0.2, 0.25) is 0 Å². The number of amides is 2. The minimum atomic E-state index is -0.633. The third-order valence-corrected chi connectivity index (χ3v) is 2.36. The van der Waals surface area contributed by atoms with Crippen LogP contribution in [-0.2, 0) is 16.0 Å². The molecule has 1 aromatic rings. The Balaban J connectivity index is 2.57. The predicted octanol–water partition coefficient (Wildman–Crippen LogP) is 0.250. The Bertz CT molecular complexity index is 390. The molecule has 1 unspecified atom stereocenters. The lowest BCUT2D eigenvalue weighted by Gasteiger charge is -2.18. The summed E-state index contributed by atoms with van der Waals surface area (Å²) in [5, 5.41) is 2.61. The Morgan fingerprint density at radius 1 is 1.41 bits per heavy atom. The van der Waals surface area contributed by atoms with E-state index in [1.807, 2.05) is 19.9 Å². The fourth-order valence-corrected chi connectivity index (χ4v) is 1.46. The minimum absolute atomic E-state index is 0.0276. The zero-order chi connectivity index (χ0) is 12.8. The van der Waals surface area contributed by atoms with Crippen LogP contribution >= 0.6 is 0 Å². The first-order chi connectivity index (χ1) is 8.00. The summed E-state index contributed by atoms with van der Waals surface area (Å²) in [4.78, 5) is 26.8. The Morgan fingerprint density at radius 2 is 2.12 bits per heavy atom. The van der Waals surface area contributed by atoms with E-state index in [0.717, 1.165) is 0 Å². The van der Waals surface area contributed by atoms with Gasteiger partial charge in [0, 0.05) is 11.9 Å². The smallest absolute Gasteiger partial charge is 0.240 e. The van der Waals surface area contributed by atoms with Crippen molar-refractivity contribution < 1.29 is 9.59 Å². The molecule has 0 saturated heterocycles. The number of nitrogens with two attached hydrogens (primary N) is 1. The second-order valence-corrected chi connectivity index (χ2v) is 4.19. The summed E-state index contributed by atoms with van der Waals surface area (Å²) in [5.74, 6) is -0.796. The number of primary amides is 1. The SMILES string of the molecule is CC(C)C(NC(=O)Cc1ccccn1)C(N)=O. The van der Waals surface area contributed by atoms with E-state index in [1.54, 1.807) is 18.3 Å². The Hall–Kier alpha value is -1.91. The standard InChI is InChI=1S/C12H17N3O2/c1-8(2)11(12(13)17)15-10(16)7-9-5-3-4-6-14-9/h3-6,8,11H,7H2,1-2H3,(H2,13,17)(H,15,16). The molecule has 1 rings (SSSR count). The molecule has 3 N–H and O–H groups in total. The monoisotopic (exact) mass is 235 g/mol. The number of carbonyl (C=O) groups excluding carboxylic acids is 2. The highest BCUT2D eigenvalue weighted by atomic mass is 16.2. The van der Waals surface area contributed by atoms with Gasteiger partial charge in [-0.05, 0) is 18.1 Å².